The van der Waals surface area contributed by atoms with Crippen LogP contribution in [0.4, 0.5) is 0 Å². The maximum atomic E-state index is 9.76. The highest BCUT2D eigenvalue weighted by atomic mass is 16.5. The van der Waals surface area contributed by atoms with Crippen LogP contribution < -0.4 is 4.74 Å². The van der Waals surface area contributed by atoms with E-state index in [0.29, 0.717) is 6.42 Å². The number of ether oxygens (including phenoxy) is 1. The Morgan fingerprint density at radius 2 is 1.88 bits per heavy atom. The molecule has 1 rings (SSSR count). The molecule has 1 aromatic carbocycles. The lowest BCUT2D eigenvalue weighted by Crippen LogP contribution is -2.24. The summed E-state index contributed by atoms with van der Waals surface area (Å²) in [5, 5.41) is 19.1. The van der Waals surface area contributed by atoms with E-state index in [1.807, 2.05) is 24.3 Å². The Balaban J connectivity index is 2.86. The van der Waals surface area contributed by atoms with Gasteiger partial charge in [0.1, 0.15) is 5.75 Å². The highest BCUT2D eigenvalue weighted by Gasteiger charge is 2.20. The average Bonchev–Trinajstić information content (AvgIpc) is 2.35. The van der Waals surface area contributed by atoms with Gasteiger partial charge in [0, 0.05) is 0 Å². The van der Waals surface area contributed by atoms with Crippen molar-refractivity contribution in [3.05, 3.63) is 29.8 Å². The molecule has 0 saturated carbocycles. The summed E-state index contributed by atoms with van der Waals surface area (Å²) in [4.78, 5) is 0. The van der Waals surface area contributed by atoms with E-state index in [1.165, 1.54) is 0 Å². The molecule has 1 aromatic rings. The number of benzene rings is 1. The minimum atomic E-state index is -0.696. The van der Waals surface area contributed by atoms with E-state index in [-0.39, 0.29) is 5.92 Å². The summed E-state index contributed by atoms with van der Waals surface area (Å²) in [6.45, 7) is 3.69. The summed E-state index contributed by atoms with van der Waals surface area (Å²) >= 11 is 0. The van der Waals surface area contributed by atoms with Gasteiger partial charge in [-0.05, 0) is 37.3 Å². The summed E-state index contributed by atoms with van der Waals surface area (Å²) in [7, 11) is 1.65. The SMILES string of the molecule is CCC(CC(O)C(C)O)c1ccccc1OC. The van der Waals surface area contributed by atoms with Crippen LogP contribution in [0.5, 0.6) is 5.75 Å². The first-order valence-electron chi connectivity index (χ1n) is 6.09. The molecule has 3 unspecified atom stereocenters. The first-order chi connectivity index (χ1) is 8.10. The van der Waals surface area contributed by atoms with Crippen LogP contribution in [0.25, 0.3) is 0 Å². The predicted molar refractivity (Wildman–Crippen MR) is 68.3 cm³/mol. The molecule has 0 spiro atoms. The smallest absolute Gasteiger partial charge is 0.122 e. The second-order valence-corrected chi connectivity index (χ2v) is 4.39. The van der Waals surface area contributed by atoms with Crippen molar-refractivity contribution < 1.29 is 14.9 Å². The number of aliphatic hydroxyl groups excluding tert-OH is 2. The molecule has 3 atom stereocenters. The topological polar surface area (TPSA) is 49.7 Å². The van der Waals surface area contributed by atoms with Crippen molar-refractivity contribution in [1.82, 2.24) is 0 Å². The molecule has 3 heteroatoms. The van der Waals surface area contributed by atoms with E-state index < -0.39 is 12.2 Å². The first kappa shape index (κ1) is 14.0. The van der Waals surface area contributed by atoms with Gasteiger partial charge in [-0.3, -0.25) is 0 Å². The molecule has 96 valence electrons. The van der Waals surface area contributed by atoms with Gasteiger partial charge in [-0.25, -0.2) is 0 Å². The fourth-order valence-corrected chi connectivity index (χ4v) is 2.01. The van der Waals surface area contributed by atoms with Gasteiger partial charge in [-0.1, -0.05) is 25.1 Å². The molecule has 0 aliphatic heterocycles. The van der Waals surface area contributed by atoms with Crippen molar-refractivity contribution in [1.29, 1.82) is 0 Å². The summed E-state index contributed by atoms with van der Waals surface area (Å²) in [5.74, 6) is 1.05. The minimum absolute atomic E-state index is 0.204. The Labute approximate surface area is 103 Å². The summed E-state index contributed by atoms with van der Waals surface area (Å²) < 4.78 is 5.33. The van der Waals surface area contributed by atoms with E-state index in [4.69, 9.17) is 4.74 Å². The quantitative estimate of drug-likeness (QED) is 0.799. The Kier molecular flexibility index (Phi) is 5.45. The second-order valence-electron chi connectivity index (χ2n) is 4.39. The van der Waals surface area contributed by atoms with Gasteiger partial charge in [-0.2, -0.15) is 0 Å². The lowest BCUT2D eigenvalue weighted by Gasteiger charge is -2.22. The zero-order valence-corrected chi connectivity index (χ0v) is 10.8. The van der Waals surface area contributed by atoms with Gasteiger partial charge in [0.05, 0.1) is 19.3 Å². The molecule has 0 amide bonds. The maximum absolute atomic E-state index is 9.76. The van der Waals surface area contributed by atoms with E-state index >= 15 is 0 Å². The molecule has 0 bridgehead atoms. The molecule has 0 saturated heterocycles. The predicted octanol–water partition coefficient (Wildman–Crippen LogP) is 2.32. The molecular weight excluding hydrogens is 216 g/mol. The Morgan fingerprint density at radius 1 is 1.24 bits per heavy atom. The van der Waals surface area contributed by atoms with Crippen LogP contribution in [0.3, 0.4) is 0 Å². The number of hydrogen-bond donors (Lipinski definition) is 2. The summed E-state index contributed by atoms with van der Waals surface area (Å²) in [6, 6.07) is 7.84. The fourth-order valence-electron chi connectivity index (χ4n) is 2.01. The van der Waals surface area contributed by atoms with E-state index in [0.717, 1.165) is 17.7 Å². The summed E-state index contributed by atoms with van der Waals surface area (Å²) in [5.41, 5.74) is 1.09. The Hall–Kier alpha value is -1.06. The molecule has 0 aromatic heterocycles. The Morgan fingerprint density at radius 3 is 2.41 bits per heavy atom. The van der Waals surface area contributed by atoms with Gasteiger partial charge < -0.3 is 14.9 Å². The number of para-hydroxylation sites is 1. The van der Waals surface area contributed by atoms with Crippen molar-refractivity contribution in [2.24, 2.45) is 0 Å². The van der Waals surface area contributed by atoms with Gasteiger partial charge in [-0.15, -0.1) is 0 Å². The molecule has 3 nitrogen and oxygen atoms in total. The van der Waals surface area contributed by atoms with Crippen LogP contribution in [0.1, 0.15) is 38.2 Å². The number of methoxy groups -OCH3 is 1. The van der Waals surface area contributed by atoms with Crippen molar-refractivity contribution in [3.63, 3.8) is 0 Å². The number of aliphatic hydroxyl groups is 2. The normalized spacial score (nSPS) is 16.3. The second kappa shape index (κ2) is 6.62. The van der Waals surface area contributed by atoms with E-state index in [2.05, 4.69) is 6.92 Å². The van der Waals surface area contributed by atoms with E-state index in [1.54, 1.807) is 14.0 Å². The van der Waals surface area contributed by atoms with Crippen molar-refractivity contribution >= 4 is 0 Å². The molecule has 0 aliphatic rings. The lowest BCUT2D eigenvalue weighted by atomic mass is 9.89. The van der Waals surface area contributed by atoms with Crippen molar-refractivity contribution in [2.45, 2.75) is 44.8 Å². The molecule has 2 N–H and O–H groups in total. The van der Waals surface area contributed by atoms with Gasteiger partial charge in [0.2, 0.25) is 0 Å². The molecule has 0 heterocycles. The van der Waals surface area contributed by atoms with Gasteiger partial charge in [0.25, 0.3) is 0 Å². The number of hydrogen-bond acceptors (Lipinski definition) is 3. The highest BCUT2D eigenvalue weighted by molar-refractivity contribution is 5.36. The third-order valence-corrected chi connectivity index (χ3v) is 3.15. The minimum Gasteiger partial charge on any atom is -0.496 e. The molecule has 0 aliphatic carbocycles. The monoisotopic (exact) mass is 238 g/mol. The van der Waals surface area contributed by atoms with E-state index in [9.17, 15) is 10.2 Å². The van der Waals surface area contributed by atoms with Crippen LogP contribution in [-0.2, 0) is 0 Å². The van der Waals surface area contributed by atoms with Crippen LogP contribution in [0.15, 0.2) is 24.3 Å². The zero-order valence-electron chi connectivity index (χ0n) is 10.8. The van der Waals surface area contributed by atoms with Crippen LogP contribution >= 0.6 is 0 Å². The summed E-state index contributed by atoms with van der Waals surface area (Å²) in [6.07, 6.45) is 0.0715. The average molecular weight is 238 g/mol. The third-order valence-electron chi connectivity index (χ3n) is 3.15. The number of rotatable bonds is 6. The third kappa shape index (κ3) is 3.72. The maximum Gasteiger partial charge on any atom is 0.122 e. The van der Waals surface area contributed by atoms with Crippen LogP contribution in [0.2, 0.25) is 0 Å². The van der Waals surface area contributed by atoms with Crippen LogP contribution in [-0.4, -0.2) is 29.5 Å². The molecule has 17 heavy (non-hydrogen) atoms. The lowest BCUT2D eigenvalue weighted by molar-refractivity contribution is 0.0214. The first-order valence-corrected chi connectivity index (χ1v) is 6.09. The highest BCUT2D eigenvalue weighted by Crippen LogP contribution is 2.32. The van der Waals surface area contributed by atoms with Crippen LogP contribution in [0, 0.1) is 0 Å². The van der Waals surface area contributed by atoms with Crippen molar-refractivity contribution in [2.75, 3.05) is 7.11 Å². The largest absolute Gasteiger partial charge is 0.496 e. The molecular formula is C14H22O3. The fraction of sp³-hybridized carbons (Fsp3) is 0.571. The van der Waals surface area contributed by atoms with Gasteiger partial charge >= 0.3 is 0 Å². The molecule has 0 fully saturated rings. The standard InChI is InChI=1S/C14H22O3/c1-4-11(9-13(16)10(2)15)12-7-5-6-8-14(12)17-3/h5-8,10-11,13,15-16H,4,9H2,1-3H3. The molecule has 0 radical (unpaired) electrons. The van der Waals surface area contributed by atoms with Crippen molar-refractivity contribution in [3.8, 4) is 5.75 Å². The zero-order chi connectivity index (χ0) is 12.8. The Bertz CT molecular complexity index is 336. The van der Waals surface area contributed by atoms with Gasteiger partial charge in [0.15, 0.2) is 0 Å².